The van der Waals surface area contributed by atoms with Crippen molar-refractivity contribution in [3.05, 3.63) is 41.0 Å². The SMILES string of the molecule is Cc1cccc(CN(C)c2snc(N)c2C(N)=O)c1. The summed E-state index contributed by atoms with van der Waals surface area (Å²) in [5.74, 6) is -0.346. The molecule has 0 fully saturated rings. The maximum absolute atomic E-state index is 11.4. The molecule has 1 aromatic heterocycles. The molecule has 1 heterocycles. The standard InChI is InChI=1S/C13H16N4OS/c1-8-4-3-5-9(6-8)7-17(2)13-10(12(15)18)11(14)16-19-13/h3-6H,7H2,1-2H3,(H2,14,16)(H2,15,18). The molecule has 5 nitrogen and oxygen atoms in total. The van der Waals surface area contributed by atoms with Crippen LogP contribution in [0, 0.1) is 6.92 Å². The van der Waals surface area contributed by atoms with E-state index in [2.05, 4.69) is 10.4 Å². The Kier molecular flexibility index (Phi) is 3.71. The van der Waals surface area contributed by atoms with Crippen molar-refractivity contribution in [2.24, 2.45) is 5.73 Å². The molecule has 0 unspecified atom stereocenters. The minimum absolute atomic E-state index is 0.198. The van der Waals surface area contributed by atoms with Gasteiger partial charge in [-0.15, -0.1) is 0 Å². The Labute approximate surface area is 116 Å². The predicted octanol–water partition coefficient (Wildman–Crippen LogP) is 1.77. The number of rotatable bonds is 4. The van der Waals surface area contributed by atoms with Crippen LogP contribution in [0.3, 0.4) is 0 Å². The monoisotopic (exact) mass is 276 g/mol. The van der Waals surface area contributed by atoms with Gasteiger partial charge in [-0.25, -0.2) is 0 Å². The lowest BCUT2D eigenvalue weighted by molar-refractivity contribution is 0.100. The second kappa shape index (κ2) is 5.27. The zero-order valence-corrected chi connectivity index (χ0v) is 11.7. The maximum Gasteiger partial charge on any atom is 0.255 e. The Bertz CT molecular complexity index is 608. The molecule has 0 aliphatic carbocycles. The summed E-state index contributed by atoms with van der Waals surface area (Å²) in [5.41, 5.74) is 13.7. The van der Waals surface area contributed by atoms with Gasteiger partial charge in [0.15, 0.2) is 5.82 Å². The van der Waals surface area contributed by atoms with E-state index in [9.17, 15) is 4.79 Å². The maximum atomic E-state index is 11.4. The highest BCUT2D eigenvalue weighted by Gasteiger charge is 2.19. The molecule has 100 valence electrons. The van der Waals surface area contributed by atoms with Crippen LogP contribution in [0.2, 0.25) is 0 Å². The van der Waals surface area contributed by atoms with E-state index < -0.39 is 5.91 Å². The normalized spacial score (nSPS) is 10.4. The van der Waals surface area contributed by atoms with Crippen LogP contribution in [0.25, 0.3) is 0 Å². The summed E-state index contributed by atoms with van der Waals surface area (Å²) < 4.78 is 4.00. The molecule has 19 heavy (non-hydrogen) atoms. The van der Waals surface area contributed by atoms with Gasteiger partial charge in [0.05, 0.1) is 0 Å². The van der Waals surface area contributed by atoms with Crippen LogP contribution < -0.4 is 16.4 Å². The quantitative estimate of drug-likeness (QED) is 0.891. The van der Waals surface area contributed by atoms with Crippen molar-refractivity contribution in [3.63, 3.8) is 0 Å². The van der Waals surface area contributed by atoms with E-state index in [4.69, 9.17) is 11.5 Å². The Balaban J connectivity index is 2.25. The van der Waals surface area contributed by atoms with Crippen molar-refractivity contribution < 1.29 is 4.79 Å². The third-order valence-corrected chi connectivity index (χ3v) is 3.77. The third kappa shape index (κ3) is 2.85. The summed E-state index contributed by atoms with van der Waals surface area (Å²) >= 11 is 1.19. The van der Waals surface area contributed by atoms with E-state index in [1.54, 1.807) is 0 Å². The largest absolute Gasteiger partial charge is 0.382 e. The van der Waals surface area contributed by atoms with Crippen molar-refractivity contribution in [3.8, 4) is 0 Å². The van der Waals surface area contributed by atoms with Crippen LogP contribution in [0.4, 0.5) is 10.8 Å². The lowest BCUT2D eigenvalue weighted by Crippen LogP contribution is -2.21. The number of benzene rings is 1. The molecule has 0 atom stereocenters. The van der Waals surface area contributed by atoms with Gasteiger partial charge in [0, 0.05) is 13.6 Å². The van der Waals surface area contributed by atoms with Crippen molar-refractivity contribution in [1.29, 1.82) is 0 Å². The second-order valence-corrected chi connectivity index (χ2v) is 5.21. The molecular weight excluding hydrogens is 260 g/mol. The number of primary amides is 1. The third-order valence-electron chi connectivity index (χ3n) is 2.80. The molecule has 1 amide bonds. The Morgan fingerprint density at radius 3 is 2.84 bits per heavy atom. The Morgan fingerprint density at radius 1 is 1.47 bits per heavy atom. The van der Waals surface area contributed by atoms with Gasteiger partial charge in [0.2, 0.25) is 0 Å². The lowest BCUT2D eigenvalue weighted by atomic mass is 10.1. The highest BCUT2D eigenvalue weighted by atomic mass is 32.1. The molecule has 0 aliphatic rings. The van der Waals surface area contributed by atoms with Crippen molar-refractivity contribution in [2.45, 2.75) is 13.5 Å². The molecular formula is C13H16N4OS. The van der Waals surface area contributed by atoms with Gasteiger partial charge in [-0.05, 0) is 24.0 Å². The van der Waals surface area contributed by atoms with E-state index >= 15 is 0 Å². The van der Waals surface area contributed by atoms with E-state index in [0.29, 0.717) is 17.1 Å². The molecule has 2 aromatic rings. The van der Waals surface area contributed by atoms with Crippen molar-refractivity contribution in [2.75, 3.05) is 17.7 Å². The molecule has 0 saturated heterocycles. The van der Waals surface area contributed by atoms with Crippen LogP contribution >= 0.6 is 11.5 Å². The average molecular weight is 276 g/mol. The zero-order valence-electron chi connectivity index (χ0n) is 10.9. The molecule has 0 saturated carbocycles. The minimum Gasteiger partial charge on any atom is -0.382 e. The summed E-state index contributed by atoms with van der Waals surface area (Å²) in [4.78, 5) is 13.3. The summed E-state index contributed by atoms with van der Waals surface area (Å²) in [6, 6.07) is 8.19. The fraction of sp³-hybridized carbons (Fsp3) is 0.231. The number of anilines is 2. The van der Waals surface area contributed by atoms with Crippen molar-refractivity contribution in [1.82, 2.24) is 4.37 Å². The summed E-state index contributed by atoms with van der Waals surface area (Å²) in [7, 11) is 1.89. The fourth-order valence-corrected chi connectivity index (χ4v) is 2.72. The molecule has 0 aliphatic heterocycles. The summed E-state index contributed by atoms with van der Waals surface area (Å²) in [6.45, 7) is 2.71. The number of hydrogen-bond donors (Lipinski definition) is 2. The fourth-order valence-electron chi connectivity index (χ4n) is 1.94. The minimum atomic E-state index is -0.544. The van der Waals surface area contributed by atoms with Gasteiger partial charge in [0.1, 0.15) is 10.6 Å². The van der Waals surface area contributed by atoms with Crippen LogP contribution in [0.5, 0.6) is 0 Å². The number of aryl methyl sites for hydroxylation is 1. The first-order valence-corrected chi connectivity index (χ1v) is 6.58. The molecule has 0 bridgehead atoms. The van der Waals surface area contributed by atoms with Gasteiger partial charge in [-0.1, -0.05) is 29.8 Å². The number of nitrogen functional groups attached to an aromatic ring is 1. The molecule has 1 aromatic carbocycles. The molecule has 0 spiro atoms. The number of aromatic nitrogens is 1. The molecule has 0 radical (unpaired) electrons. The number of carbonyl (C=O) groups is 1. The van der Waals surface area contributed by atoms with Gasteiger partial charge in [0.25, 0.3) is 5.91 Å². The summed E-state index contributed by atoms with van der Waals surface area (Å²) in [5, 5.41) is 0.700. The number of nitrogens with zero attached hydrogens (tertiary/aromatic N) is 2. The highest BCUT2D eigenvalue weighted by molar-refractivity contribution is 7.11. The smallest absolute Gasteiger partial charge is 0.255 e. The Hall–Kier alpha value is -2.08. The van der Waals surface area contributed by atoms with E-state index in [1.165, 1.54) is 17.1 Å². The van der Waals surface area contributed by atoms with Gasteiger partial charge >= 0.3 is 0 Å². The highest BCUT2D eigenvalue weighted by Crippen LogP contribution is 2.30. The summed E-state index contributed by atoms with van der Waals surface area (Å²) in [6.07, 6.45) is 0. The Morgan fingerprint density at radius 2 is 2.21 bits per heavy atom. The van der Waals surface area contributed by atoms with Crippen LogP contribution in [0.15, 0.2) is 24.3 Å². The van der Waals surface area contributed by atoms with E-state index in [-0.39, 0.29) is 5.82 Å². The zero-order chi connectivity index (χ0) is 14.0. The first-order valence-electron chi connectivity index (χ1n) is 5.80. The average Bonchev–Trinajstić information content (AvgIpc) is 2.71. The van der Waals surface area contributed by atoms with Gasteiger partial charge in [-0.3, -0.25) is 4.79 Å². The number of hydrogen-bond acceptors (Lipinski definition) is 5. The van der Waals surface area contributed by atoms with Gasteiger partial charge < -0.3 is 16.4 Å². The van der Waals surface area contributed by atoms with Crippen LogP contribution in [-0.2, 0) is 6.54 Å². The first kappa shape index (κ1) is 13.4. The molecule has 2 rings (SSSR count). The molecule has 6 heteroatoms. The lowest BCUT2D eigenvalue weighted by Gasteiger charge is -2.18. The predicted molar refractivity (Wildman–Crippen MR) is 78.3 cm³/mol. The van der Waals surface area contributed by atoms with Crippen LogP contribution in [-0.4, -0.2) is 17.3 Å². The second-order valence-electron chi connectivity index (χ2n) is 4.46. The van der Waals surface area contributed by atoms with Crippen LogP contribution in [0.1, 0.15) is 21.5 Å². The number of carbonyl (C=O) groups excluding carboxylic acids is 1. The molecule has 4 N–H and O–H groups in total. The first-order chi connectivity index (χ1) is 8.99. The van der Waals surface area contributed by atoms with E-state index in [0.717, 1.165) is 5.56 Å². The van der Waals surface area contributed by atoms with Gasteiger partial charge in [-0.2, -0.15) is 4.37 Å². The number of nitrogens with two attached hydrogens (primary N) is 2. The van der Waals surface area contributed by atoms with E-state index in [1.807, 2.05) is 37.1 Å². The number of amides is 1. The van der Waals surface area contributed by atoms with Crippen molar-refractivity contribution >= 4 is 28.3 Å². The topological polar surface area (TPSA) is 85.2 Å².